The fourth-order valence-corrected chi connectivity index (χ4v) is 1.92. The number of halogens is 1. The van der Waals surface area contributed by atoms with Crippen molar-refractivity contribution in [2.75, 3.05) is 18.5 Å². The molecule has 3 heteroatoms. The minimum atomic E-state index is 0.584. The van der Waals surface area contributed by atoms with Crippen LogP contribution in [0, 0.1) is 0 Å². The second-order valence-corrected chi connectivity index (χ2v) is 4.41. The molecule has 0 radical (unpaired) electrons. The summed E-state index contributed by atoms with van der Waals surface area (Å²) in [5, 5.41) is 0. The quantitative estimate of drug-likeness (QED) is 0.766. The Morgan fingerprint density at radius 1 is 1.47 bits per heavy atom. The average Bonchev–Trinajstić information content (AvgIpc) is 2.25. The van der Waals surface area contributed by atoms with Crippen molar-refractivity contribution in [3.63, 3.8) is 0 Å². The van der Waals surface area contributed by atoms with Crippen molar-refractivity contribution < 1.29 is 4.79 Å². The molecule has 0 saturated heterocycles. The van der Waals surface area contributed by atoms with Gasteiger partial charge in [-0.05, 0) is 37.1 Å². The molecule has 0 N–H and O–H groups in total. The topological polar surface area (TPSA) is 20.3 Å². The molecule has 1 aromatic rings. The third-order valence-electron chi connectivity index (χ3n) is 2.46. The minimum absolute atomic E-state index is 0.584. The van der Waals surface area contributed by atoms with E-state index in [9.17, 15) is 4.79 Å². The SMILES string of the molecule is CCN(C)c1ccc(Br)cc1CCC=O. The number of rotatable bonds is 5. The smallest absolute Gasteiger partial charge is 0.120 e. The Balaban J connectivity index is 2.96. The fraction of sp³-hybridized carbons (Fsp3) is 0.417. The van der Waals surface area contributed by atoms with E-state index >= 15 is 0 Å². The first-order chi connectivity index (χ1) is 7.19. The zero-order valence-corrected chi connectivity index (χ0v) is 10.8. The number of aryl methyl sites for hydroxylation is 1. The van der Waals surface area contributed by atoms with Gasteiger partial charge in [0.05, 0.1) is 0 Å². The third kappa shape index (κ3) is 3.34. The molecule has 0 aromatic heterocycles. The molecule has 0 aliphatic heterocycles. The Morgan fingerprint density at radius 2 is 2.20 bits per heavy atom. The van der Waals surface area contributed by atoms with Crippen molar-refractivity contribution >= 4 is 27.9 Å². The second kappa shape index (κ2) is 5.91. The van der Waals surface area contributed by atoms with Gasteiger partial charge in [-0.25, -0.2) is 0 Å². The number of carbonyl (C=O) groups is 1. The van der Waals surface area contributed by atoms with E-state index in [0.29, 0.717) is 6.42 Å². The predicted molar refractivity (Wildman–Crippen MR) is 67.5 cm³/mol. The Bertz CT molecular complexity index is 338. The second-order valence-electron chi connectivity index (χ2n) is 3.49. The molecule has 0 aliphatic rings. The third-order valence-corrected chi connectivity index (χ3v) is 2.95. The van der Waals surface area contributed by atoms with Crippen molar-refractivity contribution in [1.82, 2.24) is 0 Å². The van der Waals surface area contributed by atoms with Gasteiger partial charge in [0.1, 0.15) is 6.29 Å². The molecule has 0 atom stereocenters. The molecule has 0 bridgehead atoms. The summed E-state index contributed by atoms with van der Waals surface area (Å²) in [5.41, 5.74) is 2.43. The number of hydrogen-bond acceptors (Lipinski definition) is 2. The van der Waals surface area contributed by atoms with Crippen LogP contribution in [0.4, 0.5) is 5.69 Å². The zero-order valence-electron chi connectivity index (χ0n) is 9.16. The predicted octanol–water partition coefficient (Wildman–Crippen LogP) is 3.04. The van der Waals surface area contributed by atoms with Crippen molar-refractivity contribution in [2.24, 2.45) is 0 Å². The average molecular weight is 270 g/mol. The Hall–Kier alpha value is -0.830. The molecule has 1 aromatic carbocycles. The van der Waals surface area contributed by atoms with Gasteiger partial charge in [0.15, 0.2) is 0 Å². The van der Waals surface area contributed by atoms with Gasteiger partial charge in [-0.15, -0.1) is 0 Å². The van der Waals surface area contributed by atoms with Gasteiger partial charge < -0.3 is 9.69 Å². The number of carbonyl (C=O) groups excluding carboxylic acids is 1. The normalized spacial score (nSPS) is 10.1. The van der Waals surface area contributed by atoms with Gasteiger partial charge in [-0.1, -0.05) is 15.9 Å². The van der Waals surface area contributed by atoms with Crippen LogP contribution in [0.1, 0.15) is 18.9 Å². The number of aldehydes is 1. The monoisotopic (exact) mass is 269 g/mol. The molecule has 0 fully saturated rings. The first-order valence-electron chi connectivity index (χ1n) is 5.12. The number of benzene rings is 1. The summed E-state index contributed by atoms with van der Waals surface area (Å²) in [4.78, 5) is 12.6. The molecule has 0 unspecified atom stereocenters. The lowest BCUT2D eigenvalue weighted by atomic mass is 10.1. The van der Waals surface area contributed by atoms with Gasteiger partial charge in [-0.3, -0.25) is 0 Å². The summed E-state index contributed by atoms with van der Waals surface area (Å²) in [6.07, 6.45) is 2.36. The van der Waals surface area contributed by atoms with E-state index in [2.05, 4.69) is 46.9 Å². The highest BCUT2D eigenvalue weighted by Gasteiger charge is 2.06. The molecule has 1 rings (SSSR count). The number of anilines is 1. The number of nitrogens with zero attached hydrogens (tertiary/aromatic N) is 1. The molecule has 0 spiro atoms. The molecule has 82 valence electrons. The van der Waals surface area contributed by atoms with E-state index in [1.54, 1.807) is 0 Å². The van der Waals surface area contributed by atoms with Crippen LogP contribution in [-0.4, -0.2) is 19.9 Å². The van der Waals surface area contributed by atoms with E-state index in [1.165, 1.54) is 11.3 Å². The largest absolute Gasteiger partial charge is 0.375 e. The maximum atomic E-state index is 10.4. The van der Waals surface area contributed by atoms with Gasteiger partial charge in [0.2, 0.25) is 0 Å². The molecular weight excluding hydrogens is 254 g/mol. The van der Waals surface area contributed by atoms with E-state index in [-0.39, 0.29) is 0 Å². The van der Waals surface area contributed by atoms with Crippen LogP contribution in [0.15, 0.2) is 22.7 Å². The standard InChI is InChI=1S/C12H16BrNO/c1-3-14(2)12-7-6-11(13)9-10(12)5-4-8-15/h6-9H,3-5H2,1-2H3. The van der Waals surface area contributed by atoms with Gasteiger partial charge in [0.25, 0.3) is 0 Å². The van der Waals surface area contributed by atoms with Crippen LogP contribution < -0.4 is 4.90 Å². The number of hydrogen-bond donors (Lipinski definition) is 0. The van der Waals surface area contributed by atoms with Crippen LogP contribution in [0.2, 0.25) is 0 Å². The highest BCUT2D eigenvalue weighted by molar-refractivity contribution is 9.10. The maximum Gasteiger partial charge on any atom is 0.120 e. The Labute approximate surface area is 99.4 Å². The van der Waals surface area contributed by atoms with Crippen LogP contribution in [0.5, 0.6) is 0 Å². The highest BCUT2D eigenvalue weighted by Crippen LogP contribution is 2.24. The lowest BCUT2D eigenvalue weighted by Crippen LogP contribution is -2.17. The first-order valence-corrected chi connectivity index (χ1v) is 5.91. The highest BCUT2D eigenvalue weighted by atomic mass is 79.9. The Morgan fingerprint density at radius 3 is 2.80 bits per heavy atom. The van der Waals surface area contributed by atoms with E-state index in [0.717, 1.165) is 23.7 Å². The van der Waals surface area contributed by atoms with E-state index < -0.39 is 0 Å². The molecule has 0 saturated carbocycles. The summed E-state index contributed by atoms with van der Waals surface area (Å²) in [6, 6.07) is 6.21. The van der Waals surface area contributed by atoms with Crippen LogP contribution in [0.3, 0.4) is 0 Å². The van der Waals surface area contributed by atoms with Crippen molar-refractivity contribution in [2.45, 2.75) is 19.8 Å². The van der Waals surface area contributed by atoms with E-state index in [4.69, 9.17) is 0 Å². The lowest BCUT2D eigenvalue weighted by Gasteiger charge is -2.20. The summed E-state index contributed by atoms with van der Waals surface area (Å²) in [7, 11) is 2.06. The van der Waals surface area contributed by atoms with Gasteiger partial charge >= 0.3 is 0 Å². The lowest BCUT2D eigenvalue weighted by molar-refractivity contribution is -0.107. The summed E-state index contributed by atoms with van der Waals surface area (Å²) in [5.74, 6) is 0. The van der Waals surface area contributed by atoms with Crippen LogP contribution in [0.25, 0.3) is 0 Å². The van der Waals surface area contributed by atoms with Crippen LogP contribution >= 0.6 is 15.9 Å². The molecule has 15 heavy (non-hydrogen) atoms. The summed E-state index contributed by atoms with van der Waals surface area (Å²) in [6.45, 7) is 3.08. The maximum absolute atomic E-state index is 10.4. The molecule has 0 aliphatic carbocycles. The summed E-state index contributed by atoms with van der Waals surface area (Å²) < 4.78 is 1.07. The molecular formula is C12H16BrNO. The van der Waals surface area contributed by atoms with Gasteiger partial charge in [-0.2, -0.15) is 0 Å². The fourth-order valence-electron chi connectivity index (χ4n) is 1.51. The van der Waals surface area contributed by atoms with Crippen molar-refractivity contribution in [1.29, 1.82) is 0 Å². The van der Waals surface area contributed by atoms with Crippen molar-refractivity contribution in [3.8, 4) is 0 Å². The van der Waals surface area contributed by atoms with Crippen molar-refractivity contribution in [3.05, 3.63) is 28.2 Å². The molecule has 2 nitrogen and oxygen atoms in total. The molecule has 0 heterocycles. The van der Waals surface area contributed by atoms with E-state index in [1.807, 2.05) is 6.07 Å². The van der Waals surface area contributed by atoms with Gasteiger partial charge in [0, 0.05) is 30.2 Å². The molecule has 0 amide bonds. The minimum Gasteiger partial charge on any atom is -0.375 e. The summed E-state index contributed by atoms with van der Waals surface area (Å²) >= 11 is 3.45. The first kappa shape index (κ1) is 12.2. The zero-order chi connectivity index (χ0) is 11.3. The Kier molecular flexibility index (Phi) is 4.82. The van der Waals surface area contributed by atoms with Crippen LogP contribution in [-0.2, 0) is 11.2 Å².